The zero-order valence-electron chi connectivity index (χ0n) is 20.2. The molecular weight excluding hydrogens is 535 g/mol. The number of carbonyl (C=O) groups is 3. The number of esters is 1. The Morgan fingerprint density at radius 3 is 2.54 bits per heavy atom. The molecule has 2 amide bonds. The largest absolute Gasteiger partial charge is 0.466 e. The number of aromatic nitrogens is 2. The summed E-state index contributed by atoms with van der Waals surface area (Å²) in [5, 5.41) is 1.42. The summed E-state index contributed by atoms with van der Waals surface area (Å²) in [5.74, 6) is -4.45. The molecule has 1 fully saturated rings. The molecule has 2 unspecified atom stereocenters. The van der Waals surface area contributed by atoms with Crippen molar-refractivity contribution in [2.75, 3.05) is 18.6 Å². The Morgan fingerprint density at radius 1 is 1.21 bits per heavy atom. The number of pyridine rings is 2. The van der Waals surface area contributed by atoms with Gasteiger partial charge < -0.3 is 14.8 Å². The van der Waals surface area contributed by atoms with Gasteiger partial charge in [0.15, 0.2) is 5.65 Å². The van der Waals surface area contributed by atoms with E-state index in [0.717, 1.165) is 41.0 Å². The predicted molar refractivity (Wildman–Crippen MR) is 124 cm³/mol. The molecule has 4 rings (SSSR count). The number of hydrogen-bond acceptors (Lipinski definition) is 7. The number of alkyl halides is 3. The summed E-state index contributed by atoms with van der Waals surface area (Å²) in [4.78, 5) is 55.2. The van der Waals surface area contributed by atoms with Crippen molar-refractivity contribution in [2.45, 2.75) is 31.7 Å². The molecule has 10 nitrogen and oxygen atoms in total. The fraction of sp³-hybridized carbons (Fsp3) is 0.292. The third-order valence-corrected chi connectivity index (χ3v) is 5.91. The first-order valence-corrected chi connectivity index (χ1v) is 11.3. The van der Waals surface area contributed by atoms with E-state index in [4.69, 9.17) is 4.74 Å². The van der Waals surface area contributed by atoms with Crippen molar-refractivity contribution in [1.82, 2.24) is 14.9 Å². The number of fused-ring (bicyclic) bond motifs is 1. The van der Waals surface area contributed by atoms with Crippen LogP contribution in [0.2, 0.25) is 0 Å². The molecule has 2 aromatic heterocycles. The summed E-state index contributed by atoms with van der Waals surface area (Å²) < 4.78 is 78.5. The van der Waals surface area contributed by atoms with Crippen molar-refractivity contribution < 1.29 is 45.8 Å². The molecule has 3 aromatic rings. The van der Waals surface area contributed by atoms with Crippen molar-refractivity contribution in [3.63, 3.8) is 0 Å². The zero-order chi connectivity index (χ0) is 28.6. The molecule has 0 radical (unpaired) electrons. The number of nitrogens with zero attached hydrogens (tertiary/aromatic N) is 3. The van der Waals surface area contributed by atoms with E-state index >= 15 is 0 Å². The van der Waals surface area contributed by atoms with Crippen molar-refractivity contribution in [3.05, 3.63) is 63.9 Å². The van der Waals surface area contributed by atoms with Crippen molar-refractivity contribution >= 4 is 34.8 Å². The second-order valence-electron chi connectivity index (χ2n) is 8.36. The lowest BCUT2D eigenvalue weighted by molar-refractivity contribution is -0.153. The van der Waals surface area contributed by atoms with E-state index in [2.05, 4.69) is 9.72 Å². The van der Waals surface area contributed by atoms with Crippen molar-refractivity contribution in [3.8, 4) is 5.69 Å². The lowest BCUT2D eigenvalue weighted by Gasteiger charge is -2.21. The Labute approximate surface area is 215 Å². The van der Waals surface area contributed by atoms with E-state index in [-0.39, 0.29) is 23.4 Å². The molecule has 0 aliphatic carbocycles. The first-order valence-electron chi connectivity index (χ1n) is 11.3. The third kappa shape index (κ3) is 5.24. The molecular formula is C24H19F5N4O6. The van der Waals surface area contributed by atoms with Crippen LogP contribution >= 0.6 is 0 Å². The summed E-state index contributed by atoms with van der Waals surface area (Å²) in [6.45, 7) is 0.875. The Hall–Kier alpha value is -4.56. The molecule has 3 heterocycles. The number of nitrogens with one attached hydrogen (secondary N) is 1. The number of halogens is 5. The summed E-state index contributed by atoms with van der Waals surface area (Å²) in [6, 6.07) is 2.38. The van der Waals surface area contributed by atoms with Gasteiger partial charge in [0.25, 0.3) is 5.91 Å². The molecule has 39 heavy (non-hydrogen) atoms. The summed E-state index contributed by atoms with van der Waals surface area (Å²) >= 11 is 0. The fourth-order valence-corrected chi connectivity index (χ4v) is 3.92. The smallest absolute Gasteiger partial charge is 0.416 e. The van der Waals surface area contributed by atoms with Gasteiger partial charge in [-0.3, -0.25) is 19.1 Å². The number of benzene rings is 1. The van der Waals surface area contributed by atoms with Crippen LogP contribution in [0, 0.1) is 11.6 Å². The van der Waals surface area contributed by atoms with Crippen LogP contribution in [-0.4, -0.2) is 59.5 Å². The zero-order valence-corrected chi connectivity index (χ0v) is 20.2. The van der Waals surface area contributed by atoms with Crippen molar-refractivity contribution in [1.29, 1.82) is 0 Å². The average Bonchev–Trinajstić information content (AvgIpc) is 3.28. The van der Waals surface area contributed by atoms with Crippen molar-refractivity contribution in [2.24, 2.45) is 0 Å². The van der Waals surface area contributed by atoms with E-state index < -0.39 is 71.0 Å². The second kappa shape index (κ2) is 10.3. The first-order chi connectivity index (χ1) is 18.3. The molecule has 2 atom stereocenters. The summed E-state index contributed by atoms with van der Waals surface area (Å²) in [6.07, 6.45) is -6.80. The molecule has 1 aliphatic rings. The number of methoxy groups -OCH3 is 1. The van der Waals surface area contributed by atoms with Crippen LogP contribution in [-0.2, 0) is 14.3 Å². The van der Waals surface area contributed by atoms with Gasteiger partial charge >= 0.3 is 18.2 Å². The van der Waals surface area contributed by atoms with Crippen LogP contribution in [0.5, 0.6) is 0 Å². The first kappa shape index (κ1) is 27.5. The van der Waals surface area contributed by atoms with Crippen LogP contribution in [0.15, 0.2) is 41.3 Å². The topological polar surface area (TPSA) is 120 Å². The SMILES string of the molecule is CCC(NC(=O)c1cn(-c2ccc(F)cc2F)c2nc(N3CC(C(=O)OC)OC3=O)ccc2c1=O)C(F)(F)F. The highest BCUT2D eigenvalue weighted by Gasteiger charge is 2.40. The van der Waals surface area contributed by atoms with E-state index in [1.165, 1.54) is 13.0 Å². The molecule has 1 saturated heterocycles. The van der Waals surface area contributed by atoms with Gasteiger partial charge in [0.05, 0.1) is 24.7 Å². The highest BCUT2D eigenvalue weighted by Crippen LogP contribution is 2.26. The van der Waals surface area contributed by atoms with E-state index in [0.29, 0.717) is 6.07 Å². The standard InChI is InChI=1S/C24H19F5N4O6/c1-3-17(24(27,28)29)30-21(35)13-9-32(15-6-4-11(25)8-14(15)26)20-12(19(13)34)5-7-18(31-20)33-10-16(22(36)38-2)39-23(33)37/h4-9,16-17H,3,10H2,1-2H3,(H,30,35). The maximum absolute atomic E-state index is 14.8. The molecule has 206 valence electrons. The van der Waals surface area contributed by atoms with Gasteiger partial charge in [0.1, 0.15) is 29.1 Å². The Balaban J connectivity index is 1.89. The number of carbonyl (C=O) groups excluding carboxylic acids is 3. The summed E-state index contributed by atoms with van der Waals surface area (Å²) in [7, 11) is 1.09. The Bertz CT molecular complexity index is 1540. The van der Waals surface area contributed by atoms with Crippen LogP contribution in [0.25, 0.3) is 16.7 Å². The van der Waals surface area contributed by atoms with Gasteiger partial charge in [0, 0.05) is 12.3 Å². The maximum Gasteiger partial charge on any atom is 0.416 e. The highest BCUT2D eigenvalue weighted by atomic mass is 19.4. The normalized spacial score (nSPS) is 16.2. The lowest BCUT2D eigenvalue weighted by atomic mass is 10.1. The predicted octanol–water partition coefficient (Wildman–Crippen LogP) is 3.23. The highest BCUT2D eigenvalue weighted by molar-refractivity contribution is 5.98. The molecule has 15 heteroatoms. The lowest BCUT2D eigenvalue weighted by Crippen LogP contribution is -2.46. The maximum atomic E-state index is 14.8. The Kier molecular flexibility index (Phi) is 7.26. The van der Waals surface area contributed by atoms with Gasteiger partial charge in [-0.1, -0.05) is 6.92 Å². The molecule has 1 aliphatic heterocycles. The molecule has 0 saturated carbocycles. The average molecular weight is 554 g/mol. The fourth-order valence-electron chi connectivity index (χ4n) is 3.92. The van der Waals surface area contributed by atoms with Crippen LogP contribution in [0.1, 0.15) is 23.7 Å². The van der Waals surface area contributed by atoms with E-state index in [1.54, 1.807) is 5.32 Å². The number of amides is 2. The molecule has 1 N–H and O–H groups in total. The molecule has 1 aromatic carbocycles. The number of cyclic esters (lactones) is 1. The molecule has 0 spiro atoms. The number of anilines is 1. The second-order valence-corrected chi connectivity index (χ2v) is 8.36. The van der Waals surface area contributed by atoms with Gasteiger partial charge in [0.2, 0.25) is 11.5 Å². The minimum atomic E-state index is -4.80. The monoisotopic (exact) mass is 554 g/mol. The minimum Gasteiger partial charge on any atom is -0.466 e. The van der Waals surface area contributed by atoms with E-state index in [1.807, 2.05) is 0 Å². The van der Waals surface area contributed by atoms with Crippen LogP contribution in [0.4, 0.5) is 32.6 Å². The quantitative estimate of drug-likeness (QED) is 0.367. The third-order valence-electron chi connectivity index (χ3n) is 5.91. The van der Waals surface area contributed by atoms with Crippen LogP contribution < -0.4 is 15.6 Å². The Morgan fingerprint density at radius 2 is 1.92 bits per heavy atom. The van der Waals surface area contributed by atoms with Gasteiger partial charge in [-0.15, -0.1) is 0 Å². The van der Waals surface area contributed by atoms with Gasteiger partial charge in [-0.25, -0.2) is 23.4 Å². The number of hydrogen-bond donors (Lipinski definition) is 1. The minimum absolute atomic E-state index is 0.144. The number of rotatable bonds is 6. The van der Waals surface area contributed by atoms with Gasteiger partial charge in [-0.2, -0.15) is 13.2 Å². The van der Waals surface area contributed by atoms with Crippen LogP contribution in [0.3, 0.4) is 0 Å². The molecule has 0 bridgehead atoms. The van der Waals surface area contributed by atoms with Gasteiger partial charge in [-0.05, 0) is 30.7 Å². The number of ether oxygens (including phenoxy) is 2. The summed E-state index contributed by atoms with van der Waals surface area (Å²) in [5.41, 5.74) is -2.53. The van der Waals surface area contributed by atoms with E-state index in [9.17, 15) is 41.1 Å².